The molecule has 2 heterocycles. The Morgan fingerprint density at radius 3 is 2.63 bits per heavy atom. The van der Waals surface area contributed by atoms with Crippen LogP contribution in [0.3, 0.4) is 0 Å². The van der Waals surface area contributed by atoms with Gasteiger partial charge in [0.25, 0.3) is 0 Å². The molecule has 0 aromatic heterocycles. The molecule has 3 aromatic carbocycles. The third-order valence-corrected chi connectivity index (χ3v) is 5.62. The maximum Gasteiger partial charge on any atom is 0.231 e. The van der Waals surface area contributed by atoms with Gasteiger partial charge in [-0.05, 0) is 53.6 Å². The molecule has 4 nitrogen and oxygen atoms in total. The van der Waals surface area contributed by atoms with E-state index in [4.69, 9.17) is 19.9 Å². The number of rotatable bonds is 2. The number of anilines is 1. The lowest BCUT2D eigenvalue weighted by Gasteiger charge is -2.17. The fraction of sp³-hybridized carbons (Fsp3) is 0.217. The molecule has 136 valence electrons. The van der Waals surface area contributed by atoms with E-state index in [1.165, 1.54) is 11.1 Å². The van der Waals surface area contributed by atoms with Crippen molar-refractivity contribution in [2.75, 3.05) is 12.5 Å². The molecular weight excluding hydrogens is 338 g/mol. The van der Waals surface area contributed by atoms with Gasteiger partial charge in [0.1, 0.15) is 12.4 Å². The van der Waals surface area contributed by atoms with Gasteiger partial charge < -0.3 is 19.9 Å². The Bertz CT molecular complexity index is 1130. The van der Waals surface area contributed by atoms with Crippen molar-refractivity contribution in [3.63, 3.8) is 0 Å². The van der Waals surface area contributed by atoms with Crippen LogP contribution in [0.2, 0.25) is 0 Å². The summed E-state index contributed by atoms with van der Waals surface area (Å²) in [5.41, 5.74) is 14.1. The highest BCUT2D eigenvalue weighted by atomic mass is 16.7. The lowest BCUT2D eigenvalue weighted by Crippen LogP contribution is -2.00. The van der Waals surface area contributed by atoms with E-state index >= 15 is 0 Å². The van der Waals surface area contributed by atoms with Gasteiger partial charge in [-0.2, -0.15) is 0 Å². The molecule has 0 fully saturated rings. The highest BCUT2D eigenvalue weighted by Gasteiger charge is 2.28. The molecule has 3 aromatic rings. The Hall–Kier alpha value is -3.14. The van der Waals surface area contributed by atoms with Crippen LogP contribution >= 0.6 is 0 Å². The first-order chi connectivity index (χ1) is 13.1. The van der Waals surface area contributed by atoms with Gasteiger partial charge in [0.2, 0.25) is 6.79 Å². The van der Waals surface area contributed by atoms with E-state index in [1.54, 1.807) is 0 Å². The van der Waals surface area contributed by atoms with E-state index in [1.807, 2.05) is 12.1 Å². The van der Waals surface area contributed by atoms with Crippen LogP contribution in [0.4, 0.5) is 5.69 Å². The van der Waals surface area contributed by atoms with E-state index in [-0.39, 0.29) is 6.79 Å². The number of hydrogen-bond acceptors (Lipinski definition) is 4. The fourth-order valence-corrected chi connectivity index (χ4v) is 4.19. The van der Waals surface area contributed by atoms with Crippen molar-refractivity contribution in [2.45, 2.75) is 26.9 Å². The van der Waals surface area contributed by atoms with E-state index < -0.39 is 0 Å². The molecule has 0 saturated heterocycles. The van der Waals surface area contributed by atoms with Crippen molar-refractivity contribution in [1.29, 1.82) is 0 Å². The first kappa shape index (κ1) is 16.1. The first-order valence-electron chi connectivity index (χ1n) is 9.18. The minimum Gasteiger partial charge on any atom is -0.489 e. The summed E-state index contributed by atoms with van der Waals surface area (Å²) in [6.45, 7) is 9.16. The summed E-state index contributed by atoms with van der Waals surface area (Å²) in [4.78, 5) is 0. The summed E-state index contributed by atoms with van der Waals surface area (Å²) >= 11 is 0. The molecule has 0 amide bonds. The SMILES string of the molecule is C=C1OCc2c1c(-c1ccc3c(c1)OCO3)c1cc(C)c(CC)cc1c2N. The third-order valence-electron chi connectivity index (χ3n) is 5.62. The third kappa shape index (κ3) is 2.23. The lowest BCUT2D eigenvalue weighted by molar-refractivity contribution is 0.174. The summed E-state index contributed by atoms with van der Waals surface area (Å²) in [5.74, 6) is 2.20. The number of ether oxygens (including phenoxy) is 3. The topological polar surface area (TPSA) is 53.7 Å². The quantitative estimate of drug-likeness (QED) is 0.640. The predicted octanol–water partition coefficient (Wildman–Crippen LogP) is 5.19. The summed E-state index contributed by atoms with van der Waals surface area (Å²) in [6.07, 6.45) is 0.973. The second kappa shape index (κ2) is 5.68. The normalized spacial score (nSPS) is 14.5. The molecule has 5 rings (SSSR count). The van der Waals surface area contributed by atoms with Crippen molar-refractivity contribution in [1.82, 2.24) is 0 Å². The summed E-state index contributed by atoms with van der Waals surface area (Å²) in [5, 5.41) is 2.19. The first-order valence-corrected chi connectivity index (χ1v) is 9.18. The zero-order chi connectivity index (χ0) is 18.7. The van der Waals surface area contributed by atoms with Crippen molar-refractivity contribution in [3.05, 3.63) is 59.2 Å². The molecule has 0 atom stereocenters. The van der Waals surface area contributed by atoms with Gasteiger partial charge in [0, 0.05) is 27.8 Å². The second-order valence-electron chi connectivity index (χ2n) is 7.10. The van der Waals surface area contributed by atoms with Gasteiger partial charge in [-0.3, -0.25) is 0 Å². The van der Waals surface area contributed by atoms with Crippen LogP contribution in [-0.4, -0.2) is 6.79 Å². The van der Waals surface area contributed by atoms with Crippen LogP contribution < -0.4 is 15.2 Å². The molecule has 4 heteroatoms. The van der Waals surface area contributed by atoms with Crippen molar-refractivity contribution in [2.24, 2.45) is 0 Å². The highest BCUT2D eigenvalue weighted by molar-refractivity contribution is 6.09. The van der Waals surface area contributed by atoms with Crippen LogP contribution in [0.5, 0.6) is 11.5 Å². The largest absolute Gasteiger partial charge is 0.489 e. The van der Waals surface area contributed by atoms with Gasteiger partial charge in [-0.25, -0.2) is 0 Å². The lowest BCUT2D eigenvalue weighted by atomic mass is 9.86. The van der Waals surface area contributed by atoms with Gasteiger partial charge in [0.05, 0.1) is 0 Å². The zero-order valence-electron chi connectivity index (χ0n) is 15.5. The molecule has 0 spiro atoms. The Kier molecular flexibility index (Phi) is 3.38. The van der Waals surface area contributed by atoms with Crippen molar-refractivity contribution >= 4 is 22.2 Å². The van der Waals surface area contributed by atoms with E-state index in [0.717, 1.165) is 56.6 Å². The van der Waals surface area contributed by atoms with Crippen LogP contribution in [-0.2, 0) is 17.8 Å². The number of aryl methyl sites for hydroxylation is 2. The number of nitrogen functional groups attached to an aromatic ring is 1. The minimum atomic E-state index is 0.258. The predicted molar refractivity (Wildman–Crippen MR) is 108 cm³/mol. The van der Waals surface area contributed by atoms with Crippen molar-refractivity contribution in [3.8, 4) is 22.6 Å². The minimum absolute atomic E-state index is 0.258. The Morgan fingerprint density at radius 1 is 1.00 bits per heavy atom. The molecule has 0 aliphatic carbocycles. The summed E-state index contributed by atoms with van der Waals surface area (Å²) in [6, 6.07) is 10.5. The molecule has 0 unspecified atom stereocenters. The Labute approximate surface area is 158 Å². The van der Waals surface area contributed by atoms with Gasteiger partial charge in [-0.15, -0.1) is 0 Å². The molecule has 0 bridgehead atoms. The number of fused-ring (bicyclic) bond motifs is 3. The van der Waals surface area contributed by atoms with Crippen LogP contribution in [0.1, 0.15) is 29.2 Å². The van der Waals surface area contributed by atoms with Crippen LogP contribution in [0, 0.1) is 6.92 Å². The Morgan fingerprint density at radius 2 is 1.81 bits per heavy atom. The van der Waals surface area contributed by atoms with Gasteiger partial charge >= 0.3 is 0 Å². The molecule has 0 radical (unpaired) electrons. The molecule has 27 heavy (non-hydrogen) atoms. The maximum absolute atomic E-state index is 6.58. The van der Waals surface area contributed by atoms with Crippen LogP contribution in [0.15, 0.2) is 36.9 Å². The Balaban J connectivity index is 1.90. The average Bonchev–Trinajstić information content (AvgIpc) is 3.28. The number of benzene rings is 3. The van der Waals surface area contributed by atoms with E-state index in [9.17, 15) is 0 Å². The number of hydrogen-bond donors (Lipinski definition) is 1. The van der Waals surface area contributed by atoms with E-state index in [0.29, 0.717) is 12.4 Å². The molecule has 2 aliphatic rings. The standard InChI is InChI=1S/C23H21NO3/c1-4-14-8-17-16(7-12(14)2)22(21-13(3)25-10-18(21)23(17)24)15-5-6-19-20(9-15)27-11-26-19/h5-9H,3-4,10-11,24H2,1-2H3. The molecule has 0 saturated carbocycles. The fourth-order valence-electron chi connectivity index (χ4n) is 4.19. The van der Waals surface area contributed by atoms with Gasteiger partial charge in [0.15, 0.2) is 11.5 Å². The average molecular weight is 359 g/mol. The number of nitrogens with two attached hydrogens (primary N) is 1. The molecular formula is C23H21NO3. The zero-order valence-corrected chi connectivity index (χ0v) is 15.5. The molecule has 2 aliphatic heterocycles. The monoisotopic (exact) mass is 359 g/mol. The van der Waals surface area contributed by atoms with Crippen molar-refractivity contribution < 1.29 is 14.2 Å². The van der Waals surface area contributed by atoms with Crippen LogP contribution in [0.25, 0.3) is 27.7 Å². The molecule has 2 N–H and O–H groups in total. The second-order valence-corrected chi connectivity index (χ2v) is 7.10. The summed E-state index contributed by atoms with van der Waals surface area (Å²) < 4.78 is 16.9. The van der Waals surface area contributed by atoms with E-state index in [2.05, 4.69) is 38.6 Å². The highest BCUT2D eigenvalue weighted by Crippen LogP contribution is 2.48. The summed E-state index contributed by atoms with van der Waals surface area (Å²) in [7, 11) is 0. The smallest absolute Gasteiger partial charge is 0.231 e. The van der Waals surface area contributed by atoms with Gasteiger partial charge in [-0.1, -0.05) is 25.6 Å². The maximum atomic E-state index is 6.58.